The van der Waals surface area contributed by atoms with Gasteiger partial charge in [-0.05, 0) is 50.1 Å². The first-order valence-electron chi connectivity index (χ1n) is 7.55. The Hall–Kier alpha value is -1.85. The minimum atomic E-state index is -3.49. The molecule has 128 valence electrons. The van der Waals surface area contributed by atoms with Gasteiger partial charge in [0.05, 0.1) is 21.4 Å². The highest BCUT2D eigenvalue weighted by molar-refractivity contribution is 7.91. The number of aryl methyl sites for hydroxylation is 3. The molecular formula is C18H20ClNO3S. The normalized spacial score (nSPS) is 11.3. The van der Waals surface area contributed by atoms with Crippen LogP contribution >= 0.6 is 11.6 Å². The predicted molar refractivity (Wildman–Crippen MR) is 97.4 cm³/mol. The molecule has 2 aromatic rings. The molecule has 0 unspecified atom stereocenters. The Balaban J connectivity index is 2.04. The summed E-state index contributed by atoms with van der Waals surface area (Å²) in [5.41, 5.74) is 3.35. The number of nitrogens with one attached hydrogen (secondary N) is 1. The van der Waals surface area contributed by atoms with Crippen molar-refractivity contribution in [3.05, 3.63) is 58.1 Å². The van der Waals surface area contributed by atoms with E-state index in [9.17, 15) is 13.2 Å². The predicted octanol–water partition coefficient (Wildman–Crippen LogP) is 4.07. The minimum Gasteiger partial charge on any atom is -0.325 e. The first-order valence-corrected chi connectivity index (χ1v) is 9.58. The van der Waals surface area contributed by atoms with Crippen LogP contribution in [0.5, 0.6) is 0 Å². The number of halogens is 1. The van der Waals surface area contributed by atoms with Gasteiger partial charge in [-0.2, -0.15) is 0 Å². The Morgan fingerprint density at radius 3 is 2.25 bits per heavy atom. The molecule has 0 aliphatic carbocycles. The summed E-state index contributed by atoms with van der Waals surface area (Å²) in [4.78, 5) is 12.3. The molecule has 0 radical (unpaired) electrons. The number of sulfone groups is 1. The van der Waals surface area contributed by atoms with Gasteiger partial charge in [-0.25, -0.2) is 8.42 Å². The van der Waals surface area contributed by atoms with E-state index in [1.165, 1.54) is 0 Å². The molecule has 1 N–H and O–H groups in total. The topological polar surface area (TPSA) is 63.2 Å². The van der Waals surface area contributed by atoms with Gasteiger partial charge in [0, 0.05) is 6.42 Å². The Kier molecular flexibility index (Phi) is 5.67. The summed E-state index contributed by atoms with van der Waals surface area (Å²) in [5, 5.41) is 3.15. The number of amides is 1. The van der Waals surface area contributed by atoms with Crippen molar-refractivity contribution < 1.29 is 13.2 Å². The number of hydrogen-bond donors (Lipinski definition) is 1. The zero-order valence-electron chi connectivity index (χ0n) is 13.9. The monoisotopic (exact) mass is 365 g/mol. The summed E-state index contributed by atoms with van der Waals surface area (Å²) < 4.78 is 24.5. The van der Waals surface area contributed by atoms with Crippen LogP contribution in [0.25, 0.3) is 0 Å². The smallest absolute Gasteiger partial charge is 0.225 e. The van der Waals surface area contributed by atoms with E-state index in [-0.39, 0.29) is 23.0 Å². The molecule has 0 fully saturated rings. The molecule has 2 aromatic carbocycles. The number of carbonyl (C=O) groups is 1. The lowest BCUT2D eigenvalue weighted by atomic mass is 10.1. The summed E-state index contributed by atoms with van der Waals surface area (Å²) in [5.74, 6) is -0.621. The molecule has 0 atom stereocenters. The van der Waals surface area contributed by atoms with E-state index < -0.39 is 9.84 Å². The van der Waals surface area contributed by atoms with E-state index in [0.29, 0.717) is 10.7 Å². The van der Waals surface area contributed by atoms with Crippen LogP contribution in [0.4, 0.5) is 5.69 Å². The first-order chi connectivity index (χ1) is 11.2. The van der Waals surface area contributed by atoms with Gasteiger partial charge in [-0.15, -0.1) is 0 Å². The van der Waals surface area contributed by atoms with Crippen molar-refractivity contribution in [1.29, 1.82) is 0 Å². The van der Waals surface area contributed by atoms with Crippen LogP contribution in [0.3, 0.4) is 0 Å². The fourth-order valence-electron chi connectivity index (χ4n) is 2.37. The highest BCUT2D eigenvalue weighted by Gasteiger charge is 2.17. The first kappa shape index (κ1) is 18.5. The molecule has 0 saturated heterocycles. The zero-order valence-corrected chi connectivity index (χ0v) is 15.5. The van der Waals surface area contributed by atoms with Crippen LogP contribution in [0.15, 0.2) is 41.3 Å². The Morgan fingerprint density at radius 2 is 1.67 bits per heavy atom. The van der Waals surface area contributed by atoms with E-state index >= 15 is 0 Å². The molecule has 0 aromatic heterocycles. The highest BCUT2D eigenvalue weighted by Crippen LogP contribution is 2.27. The molecule has 0 bridgehead atoms. The number of hydrogen-bond acceptors (Lipinski definition) is 3. The average molecular weight is 366 g/mol. The van der Waals surface area contributed by atoms with Crippen LogP contribution in [-0.2, 0) is 14.6 Å². The third kappa shape index (κ3) is 4.58. The Morgan fingerprint density at radius 1 is 1.04 bits per heavy atom. The van der Waals surface area contributed by atoms with E-state index in [4.69, 9.17) is 11.6 Å². The van der Waals surface area contributed by atoms with Crippen molar-refractivity contribution in [2.45, 2.75) is 32.1 Å². The molecule has 0 aliphatic heterocycles. The van der Waals surface area contributed by atoms with Crippen molar-refractivity contribution in [3.8, 4) is 0 Å². The van der Waals surface area contributed by atoms with Gasteiger partial charge in [0.25, 0.3) is 0 Å². The molecular weight excluding hydrogens is 346 g/mol. The second kappa shape index (κ2) is 7.36. The second-order valence-corrected chi connectivity index (χ2v) is 8.39. The lowest BCUT2D eigenvalue weighted by molar-refractivity contribution is -0.115. The summed E-state index contributed by atoms with van der Waals surface area (Å²) in [7, 11) is -3.49. The Labute approximate surface area is 147 Å². The van der Waals surface area contributed by atoms with Crippen LogP contribution in [0, 0.1) is 20.8 Å². The minimum absolute atomic E-state index is 0.125. The van der Waals surface area contributed by atoms with Gasteiger partial charge in [-0.1, -0.05) is 35.4 Å². The molecule has 2 rings (SSSR count). The molecule has 0 spiro atoms. The summed E-state index contributed by atoms with van der Waals surface area (Å²) in [6, 6.07) is 10.3. The largest absolute Gasteiger partial charge is 0.325 e. The van der Waals surface area contributed by atoms with Gasteiger partial charge in [0.15, 0.2) is 9.84 Å². The average Bonchev–Trinajstić information content (AvgIpc) is 2.49. The summed E-state index contributed by atoms with van der Waals surface area (Å²) in [6.45, 7) is 5.65. The lowest BCUT2D eigenvalue weighted by Crippen LogP contribution is -2.18. The maximum absolute atomic E-state index is 12.3. The standard InChI is InChI=1S/C18H20ClNO3S/c1-12-4-6-15(7-5-12)24(22,23)9-8-17(21)20-18-14(3)10-13(2)11-16(18)19/h4-7,10-11H,8-9H2,1-3H3,(H,20,21). The third-order valence-corrected chi connectivity index (χ3v) is 5.70. The van der Waals surface area contributed by atoms with Crippen LogP contribution < -0.4 is 5.32 Å². The van der Waals surface area contributed by atoms with Gasteiger partial charge in [0.2, 0.25) is 5.91 Å². The van der Waals surface area contributed by atoms with Crippen molar-refractivity contribution >= 4 is 33.0 Å². The van der Waals surface area contributed by atoms with Gasteiger partial charge in [0.1, 0.15) is 0 Å². The molecule has 6 heteroatoms. The third-order valence-electron chi connectivity index (χ3n) is 3.67. The maximum Gasteiger partial charge on any atom is 0.225 e. The van der Waals surface area contributed by atoms with Crippen LogP contribution in [0.2, 0.25) is 5.02 Å². The second-order valence-electron chi connectivity index (χ2n) is 5.87. The summed E-state index contributed by atoms with van der Waals surface area (Å²) in [6.07, 6.45) is -0.125. The molecule has 4 nitrogen and oxygen atoms in total. The van der Waals surface area contributed by atoms with Gasteiger partial charge in [-0.3, -0.25) is 4.79 Å². The number of carbonyl (C=O) groups excluding carboxylic acids is 1. The molecule has 0 heterocycles. The van der Waals surface area contributed by atoms with E-state index in [1.54, 1.807) is 30.3 Å². The molecule has 0 aliphatic rings. The molecule has 1 amide bonds. The van der Waals surface area contributed by atoms with Crippen molar-refractivity contribution in [2.24, 2.45) is 0 Å². The van der Waals surface area contributed by atoms with Crippen LogP contribution in [-0.4, -0.2) is 20.1 Å². The van der Waals surface area contributed by atoms with E-state index in [0.717, 1.165) is 16.7 Å². The SMILES string of the molecule is Cc1ccc(S(=O)(=O)CCC(=O)Nc2c(C)cc(C)cc2Cl)cc1. The molecule has 24 heavy (non-hydrogen) atoms. The van der Waals surface area contributed by atoms with Gasteiger partial charge >= 0.3 is 0 Å². The summed E-state index contributed by atoms with van der Waals surface area (Å²) >= 11 is 6.15. The Bertz CT molecular complexity index is 835. The van der Waals surface area contributed by atoms with Crippen molar-refractivity contribution in [1.82, 2.24) is 0 Å². The van der Waals surface area contributed by atoms with Crippen LogP contribution in [0.1, 0.15) is 23.1 Å². The maximum atomic E-state index is 12.3. The quantitative estimate of drug-likeness (QED) is 0.868. The molecule has 0 saturated carbocycles. The van der Waals surface area contributed by atoms with E-state index in [2.05, 4.69) is 5.32 Å². The number of anilines is 1. The van der Waals surface area contributed by atoms with Crippen molar-refractivity contribution in [3.63, 3.8) is 0 Å². The fourth-order valence-corrected chi connectivity index (χ4v) is 3.98. The van der Waals surface area contributed by atoms with E-state index in [1.807, 2.05) is 26.8 Å². The fraction of sp³-hybridized carbons (Fsp3) is 0.278. The highest BCUT2D eigenvalue weighted by atomic mass is 35.5. The van der Waals surface area contributed by atoms with Gasteiger partial charge < -0.3 is 5.32 Å². The zero-order chi connectivity index (χ0) is 17.9. The lowest BCUT2D eigenvalue weighted by Gasteiger charge is -2.12. The number of benzene rings is 2. The van der Waals surface area contributed by atoms with Crippen molar-refractivity contribution in [2.75, 3.05) is 11.1 Å². The number of rotatable bonds is 5.